The van der Waals surface area contributed by atoms with Gasteiger partial charge in [0.1, 0.15) is 0 Å². The number of carbonyl (C=O) groups is 2. The Hall–Kier alpha value is -4.77. The van der Waals surface area contributed by atoms with Gasteiger partial charge in [-0.05, 0) is 36.4 Å². The lowest BCUT2D eigenvalue weighted by molar-refractivity contribution is -0.140. The summed E-state index contributed by atoms with van der Waals surface area (Å²) >= 11 is 6.38. The monoisotopic (exact) mass is 671 g/mol. The van der Waals surface area contributed by atoms with Crippen molar-refractivity contribution < 1.29 is 33.0 Å². The van der Waals surface area contributed by atoms with Crippen LogP contribution in [0.1, 0.15) is 32.4 Å². The number of aromatic amines is 1. The summed E-state index contributed by atoms with van der Waals surface area (Å²) in [6.45, 7) is 2.01. The van der Waals surface area contributed by atoms with E-state index in [1.807, 2.05) is 0 Å². The minimum absolute atomic E-state index is 0.0216. The van der Waals surface area contributed by atoms with Gasteiger partial charge in [-0.1, -0.05) is 11.6 Å². The highest BCUT2D eigenvalue weighted by atomic mass is 35.5. The lowest BCUT2D eigenvalue weighted by atomic mass is 10.1. The fraction of sp³-hybridized carbons (Fsp3) is 0.300. The molecule has 1 saturated heterocycles. The summed E-state index contributed by atoms with van der Waals surface area (Å²) in [6, 6.07) is 9.18. The normalized spacial score (nSPS) is 14.5. The molecule has 1 fully saturated rings. The maximum atomic E-state index is 14.2. The molecule has 1 aromatic carbocycles. The molecule has 1 aliphatic rings. The van der Waals surface area contributed by atoms with E-state index in [-0.39, 0.29) is 51.5 Å². The number of H-pyrrole nitrogens is 1. The lowest BCUT2D eigenvalue weighted by Gasteiger charge is -2.27. The quantitative estimate of drug-likeness (QED) is 0.168. The molecule has 5 aromatic rings. The zero-order chi connectivity index (χ0) is 33.5. The zero-order valence-electron chi connectivity index (χ0n) is 24.8. The number of aliphatic hydroxyl groups is 2. The molecule has 5 N–H and O–H groups in total. The summed E-state index contributed by atoms with van der Waals surface area (Å²) < 4.78 is 44.8. The Labute approximate surface area is 270 Å². The van der Waals surface area contributed by atoms with Crippen molar-refractivity contribution in [2.45, 2.75) is 18.7 Å². The first-order chi connectivity index (χ1) is 22.4. The minimum Gasteiger partial charge on any atom is -0.394 e. The number of imidazole rings is 1. The van der Waals surface area contributed by atoms with E-state index >= 15 is 0 Å². The third kappa shape index (κ3) is 6.58. The van der Waals surface area contributed by atoms with Gasteiger partial charge in [-0.2, -0.15) is 18.3 Å². The molecule has 1 unspecified atom stereocenters. The van der Waals surface area contributed by atoms with Crippen LogP contribution in [0.5, 0.6) is 0 Å². The largest absolute Gasteiger partial charge is 0.435 e. The van der Waals surface area contributed by atoms with E-state index in [9.17, 15) is 27.9 Å². The fourth-order valence-electron chi connectivity index (χ4n) is 5.36. The van der Waals surface area contributed by atoms with Gasteiger partial charge in [0.2, 0.25) is 0 Å². The van der Waals surface area contributed by atoms with Gasteiger partial charge in [0, 0.05) is 57.2 Å². The van der Waals surface area contributed by atoms with Gasteiger partial charge >= 0.3 is 6.18 Å². The number of benzene rings is 1. The molecular weight excluding hydrogens is 643 g/mol. The lowest BCUT2D eigenvalue weighted by Crippen LogP contribution is -2.46. The highest BCUT2D eigenvalue weighted by Gasteiger charge is 2.39. The highest BCUT2D eigenvalue weighted by molar-refractivity contribution is 6.34. The van der Waals surface area contributed by atoms with E-state index in [0.29, 0.717) is 42.9 Å². The third-order valence-corrected chi connectivity index (χ3v) is 8.04. The summed E-state index contributed by atoms with van der Waals surface area (Å²) in [6.07, 6.45) is -3.38. The molecule has 0 aliphatic carbocycles. The molecule has 2 amide bonds. The van der Waals surface area contributed by atoms with E-state index in [2.05, 4.69) is 30.7 Å². The van der Waals surface area contributed by atoms with Gasteiger partial charge in [0.25, 0.3) is 11.8 Å². The van der Waals surface area contributed by atoms with Crippen molar-refractivity contribution in [2.24, 2.45) is 7.05 Å². The molecule has 0 bridgehead atoms. The maximum Gasteiger partial charge on any atom is 0.435 e. The highest BCUT2D eigenvalue weighted by Crippen LogP contribution is 2.37. The van der Waals surface area contributed by atoms with Crippen LogP contribution < -0.4 is 10.6 Å². The Balaban J connectivity index is 1.25. The number of nitrogens with one attached hydrogen (secondary N) is 3. The van der Waals surface area contributed by atoms with E-state index in [0.717, 1.165) is 17.1 Å². The van der Waals surface area contributed by atoms with Crippen molar-refractivity contribution in [3.8, 4) is 17.1 Å². The van der Waals surface area contributed by atoms with Gasteiger partial charge in [-0.25, -0.2) is 14.6 Å². The molecule has 0 saturated carbocycles. The Bertz CT molecular complexity index is 1960. The number of alkyl halides is 3. The molecule has 4 aromatic heterocycles. The number of aliphatic hydroxyl groups excluding tert-OH is 2. The molecule has 47 heavy (non-hydrogen) atoms. The Morgan fingerprint density at radius 3 is 2.62 bits per heavy atom. The third-order valence-electron chi connectivity index (χ3n) is 7.73. The first-order valence-electron chi connectivity index (χ1n) is 14.5. The topological polar surface area (TPSA) is 166 Å². The van der Waals surface area contributed by atoms with Gasteiger partial charge < -0.3 is 35.3 Å². The molecule has 246 valence electrons. The van der Waals surface area contributed by atoms with Crippen LogP contribution >= 0.6 is 11.6 Å². The van der Waals surface area contributed by atoms with Crippen LogP contribution in [0, 0.1) is 0 Å². The molecule has 0 radical (unpaired) electrons. The average molecular weight is 672 g/mol. The van der Waals surface area contributed by atoms with Gasteiger partial charge in [-0.15, -0.1) is 0 Å². The second-order valence-electron chi connectivity index (χ2n) is 11.0. The number of fused-ring (bicyclic) bond motifs is 1. The second-order valence-corrected chi connectivity index (χ2v) is 11.4. The minimum atomic E-state index is -4.85. The van der Waals surface area contributed by atoms with Crippen LogP contribution in [-0.4, -0.2) is 95.1 Å². The Kier molecular flexibility index (Phi) is 8.76. The average Bonchev–Trinajstić information content (AvgIpc) is 3.77. The molecule has 1 aliphatic heterocycles. The van der Waals surface area contributed by atoms with Crippen LogP contribution in [-0.2, 0) is 19.6 Å². The Morgan fingerprint density at radius 2 is 1.91 bits per heavy atom. The smallest absolute Gasteiger partial charge is 0.394 e. The number of pyridine rings is 1. The fourth-order valence-corrected chi connectivity index (χ4v) is 5.62. The molecule has 17 heteroatoms. The van der Waals surface area contributed by atoms with E-state index in [1.54, 1.807) is 17.0 Å². The molecule has 13 nitrogen and oxygen atoms in total. The molecule has 6 rings (SSSR count). The maximum absolute atomic E-state index is 14.2. The van der Waals surface area contributed by atoms with Crippen molar-refractivity contribution in [3.05, 3.63) is 76.6 Å². The number of hydrogen-bond acceptors (Lipinski definition) is 8. The van der Waals surface area contributed by atoms with Gasteiger partial charge in [0.15, 0.2) is 17.3 Å². The molecule has 0 spiro atoms. The number of hydrogen-bond donors (Lipinski definition) is 5. The van der Waals surface area contributed by atoms with Crippen LogP contribution in [0.15, 0.2) is 48.8 Å². The first-order valence-corrected chi connectivity index (χ1v) is 14.9. The van der Waals surface area contributed by atoms with Crippen LogP contribution in [0.25, 0.3) is 28.1 Å². The molecular formula is C30H29ClF3N9O4. The van der Waals surface area contributed by atoms with Crippen LogP contribution in [0.3, 0.4) is 0 Å². The standard InChI is InChI=1S/C30H29ClF3N9O4/c1-41-24(13-36-27(41)28(46)38-16-2-3-19(21(31)11-16)29(47)42-8-6-35-7-9-42)20-14-43(40-26(20)30(32,33)34)25-5-4-22-23(39-25)12-17(37-22)10-18(45)15-44/h2-5,11-14,18,35,37,44-45H,6-10,15H2,1H3,(H,38,46). The SMILES string of the molecule is Cn1c(-c2cn(-c3ccc4[nH]c(CC(O)CO)cc4n3)nc2C(F)(F)F)cnc1C(=O)Nc1ccc(C(=O)N2CCNCC2)c(Cl)c1. The van der Waals surface area contributed by atoms with Crippen LogP contribution in [0.2, 0.25) is 5.02 Å². The number of halogens is 4. The summed E-state index contributed by atoms with van der Waals surface area (Å²) in [5.74, 6) is -1.02. The number of piperazine rings is 1. The predicted octanol–water partition coefficient (Wildman–Crippen LogP) is 3.01. The Morgan fingerprint density at radius 1 is 1.15 bits per heavy atom. The van der Waals surface area contributed by atoms with Crippen molar-refractivity contribution >= 4 is 40.1 Å². The number of aromatic nitrogens is 6. The van der Waals surface area contributed by atoms with E-state index in [4.69, 9.17) is 16.7 Å². The second kappa shape index (κ2) is 12.8. The van der Waals surface area contributed by atoms with Crippen molar-refractivity contribution in [1.82, 2.24) is 39.5 Å². The number of rotatable bonds is 8. The number of anilines is 1. The summed E-state index contributed by atoms with van der Waals surface area (Å²) in [4.78, 5) is 39.3. The first kappa shape index (κ1) is 32.2. The summed E-state index contributed by atoms with van der Waals surface area (Å²) in [5, 5.41) is 28.6. The van der Waals surface area contributed by atoms with E-state index < -0.39 is 30.5 Å². The number of carbonyl (C=O) groups excluding carboxylic acids is 2. The predicted molar refractivity (Wildman–Crippen MR) is 165 cm³/mol. The van der Waals surface area contributed by atoms with E-state index in [1.165, 1.54) is 35.9 Å². The number of nitrogens with zero attached hydrogens (tertiary/aromatic N) is 6. The van der Waals surface area contributed by atoms with Crippen LogP contribution in [0.4, 0.5) is 18.9 Å². The number of amides is 2. The molecule has 5 heterocycles. The summed E-state index contributed by atoms with van der Waals surface area (Å²) in [7, 11) is 1.41. The van der Waals surface area contributed by atoms with Crippen molar-refractivity contribution in [1.29, 1.82) is 0 Å². The molecule has 1 atom stereocenters. The van der Waals surface area contributed by atoms with Gasteiger partial charge in [-0.3, -0.25) is 9.59 Å². The van der Waals surface area contributed by atoms with Crippen molar-refractivity contribution in [3.63, 3.8) is 0 Å². The van der Waals surface area contributed by atoms with Gasteiger partial charge in [0.05, 0.1) is 51.8 Å². The van der Waals surface area contributed by atoms with Crippen molar-refractivity contribution in [2.75, 3.05) is 38.1 Å². The summed E-state index contributed by atoms with van der Waals surface area (Å²) in [5.41, 5.74) is 0.604. The zero-order valence-corrected chi connectivity index (χ0v) is 25.6.